The van der Waals surface area contributed by atoms with Gasteiger partial charge in [-0.2, -0.15) is 28.1 Å². The van der Waals surface area contributed by atoms with Crippen molar-refractivity contribution in [2.24, 2.45) is 0 Å². The first-order valence-electron chi connectivity index (χ1n) is 6.02. The first kappa shape index (κ1) is 15.7. The van der Waals surface area contributed by atoms with Crippen LogP contribution in [0.15, 0.2) is 24.3 Å². The summed E-state index contributed by atoms with van der Waals surface area (Å²) in [6.07, 6.45) is -4.50. The Kier molecular flexibility index (Phi) is 4.59. The molecular formula is C12H11F4N5O. The van der Waals surface area contributed by atoms with Crippen LogP contribution in [0.5, 0.6) is 6.01 Å². The topological polar surface area (TPSA) is 72.0 Å². The fourth-order valence-corrected chi connectivity index (χ4v) is 1.40. The van der Waals surface area contributed by atoms with Crippen molar-refractivity contribution in [3.8, 4) is 6.01 Å². The molecule has 2 rings (SSSR count). The van der Waals surface area contributed by atoms with Crippen molar-refractivity contribution >= 4 is 17.6 Å². The Morgan fingerprint density at radius 2 is 1.68 bits per heavy atom. The lowest BCUT2D eigenvalue weighted by molar-refractivity contribution is -0.154. The summed E-state index contributed by atoms with van der Waals surface area (Å²) in [6, 6.07) is 4.79. The van der Waals surface area contributed by atoms with Gasteiger partial charge in [0.15, 0.2) is 6.61 Å². The van der Waals surface area contributed by atoms with Gasteiger partial charge in [0.05, 0.1) is 0 Å². The predicted molar refractivity (Wildman–Crippen MR) is 70.6 cm³/mol. The zero-order chi connectivity index (χ0) is 16.2. The molecule has 2 N–H and O–H groups in total. The second kappa shape index (κ2) is 6.41. The molecule has 0 amide bonds. The van der Waals surface area contributed by atoms with E-state index in [1.807, 2.05) is 0 Å². The lowest BCUT2D eigenvalue weighted by atomic mass is 10.3. The molecular weight excluding hydrogens is 306 g/mol. The van der Waals surface area contributed by atoms with Crippen LogP contribution in [-0.4, -0.2) is 34.8 Å². The van der Waals surface area contributed by atoms with Crippen LogP contribution in [0.25, 0.3) is 0 Å². The summed E-state index contributed by atoms with van der Waals surface area (Å²) in [4.78, 5) is 11.3. The molecule has 0 saturated carbocycles. The van der Waals surface area contributed by atoms with Crippen LogP contribution < -0.4 is 15.4 Å². The summed E-state index contributed by atoms with van der Waals surface area (Å²) < 4.78 is 53.7. The first-order chi connectivity index (χ1) is 10.4. The zero-order valence-corrected chi connectivity index (χ0v) is 11.3. The second-order valence-electron chi connectivity index (χ2n) is 4.05. The van der Waals surface area contributed by atoms with E-state index in [1.165, 1.54) is 31.3 Å². The molecule has 0 radical (unpaired) electrons. The zero-order valence-electron chi connectivity index (χ0n) is 11.3. The third kappa shape index (κ3) is 4.72. The van der Waals surface area contributed by atoms with Crippen molar-refractivity contribution in [2.45, 2.75) is 6.18 Å². The van der Waals surface area contributed by atoms with E-state index in [-0.39, 0.29) is 11.9 Å². The number of hydrogen-bond acceptors (Lipinski definition) is 6. The first-order valence-corrected chi connectivity index (χ1v) is 6.02. The number of aromatic nitrogens is 3. The summed E-state index contributed by atoms with van der Waals surface area (Å²) >= 11 is 0. The quantitative estimate of drug-likeness (QED) is 0.826. The summed E-state index contributed by atoms with van der Waals surface area (Å²) in [6.45, 7) is -1.52. The fraction of sp³-hybridized carbons (Fsp3) is 0.250. The highest BCUT2D eigenvalue weighted by atomic mass is 19.4. The van der Waals surface area contributed by atoms with E-state index >= 15 is 0 Å². The van der Waals surface area contributed by atoms with Crippen molar-refractivity contribution in [3.05, 3.63) is 30.1 Å². The molecule has 1 heterocycles. The van der Waals surface area contributed by atoms with Gasteiger partial charge in [-0.3, -0.25) is 0 Å². The highest BCUT2D eigenvalue weighted by molar-refractivity contribution is 5.54. The smallest absolute Gasteiger partial charge is 0.422 e. The SMILES string of the molecule is CNc1nc(Nc2ccc(F)cc2)nc(OCC(F)(F)F)n1. The molecule has 0 aliphatic rings. The van der Waals surface area contributed by atoms with Crippen molar-refractivity contribution in [1.29, 1.82) is 0 Å². The Morgan fingerprint density at radius 3 is 2.27 bits per heavy atom. The van der Waals surface area contributed by atoms with Crippen LogP contribution in [0.2, 0.25) is 0 Å². The Hall–Kier alpha value is -2.65. The van der Waals surface area contributed by atoms with E-state index in [0.717, 1.165) is 0 Å². The molecule has 0 atom stereocenters. The number of benzene rings is 1. The molecule has 0 saturated heterocycles. The van der Waals surface area contributed by atoms with Gasteiger partial charge in [0.1, 0.15) is 5.82 Å². The maximum atomic E-state index is 12.8. The lowest BCUT2D eigenvalue weighted by Crippen LogP contribution is -2.20. The van der Waals surface area contributed by atoms with Gasteiger partial charge in [-0.1, -0.05) is 0 Å². The molecule has 22 heavy (non-hydrogen) atoms. The molecule has 1 aromatic heterocycles. The molecule has 0 aliphatic carbocycles. The second-order valence-corrected chi connectivity index (χ2v) is 4.05. The largest absolute Gasteiger partial charge is 0.454 e. The standard InChI is InChI=1S/C12H11F4N5O/c1-17-9-19-10(18-8-4-2-7(13)3-5-8)21-11(20-9)22-6-12(14,15)16/h2-5H,6H2,1H3,(H2,17,18,19,20,21). The van der Waals surface area contributed by atoms with Crippen molar-refractivity contribution in [2.75, 3.05) is 24.3 Å². The van der Waals surface area contributed by atoms with Crippen LogP contribution >= 0.6 is 0 Å². The van der Waals surface area contributed by atoms with E-state index in [1.54, 1.807) is 0 Å². The lowest BCUT2D eigenvalue weighted by Gasteiger charge is -2.10. The van der Waals surface area contributed by atoms with Gasteiger partial charge in [-0.25, -0.2) is 4.39 Å². The minimum atomic E-state index is -4.50. The van der Waals surface area contributed by atoms with E-state index < -0.39 is 24.6 Å². The van der Waals surface area contributed by atoms with Crippen LogP contribution in [0, 0.1) is 5.82 Å². The molecule has 1 aromatic carbocycles. The number of halogens is 4. The summed E-state index contributed by atoms with van der Waals surface area (Å²) in [5, 5.41) is 5.29. The minimum absolute atomic E-state index is 0.0248. The van der Waals surface area contributed by atoms with Crippen LogP contribution in [0.3, 0.4) is 0 Å². The number of ether oxygens (including phenoxy) is 1. The van der Waals surface area contributed by atoms with Crippen molar-refractivity contribution in [1.82, 2.24) is 15.0 Å². The Morgan fingerprint density at radius 1 is 1.05 bits per heavy atom. The maximum absolute atomic E-state index is 12.8. The van der Waals surface area contributed by atoms with Gasteiger partial charge < -0.3 is 15.4 Å². The maximum Gasteiger partial charge on any atom is 0.422 e. The van der Waals surface area contributed by atoms with Crippen LogP contribution in [-0.2, 0) is 0 Å². The van der Waals surface area contributed by atoms with Crippen molar-refractivity contribution in [3.63, 3.8) is 0 Å². The number of alkyl halides is 3. The molecule has 0 unspecified atom stereocenters. The predicted octanol–water partition coefficient (Wildman–Crippen LogP) is 2.74. The Bertz CT molecular complexity index is 632. The van der Waals surface area contributed by atoms with Gasteiger partial charge in [-0.15, -0.1) is 0 Å². The van der Waals surface area contributed by atoms with Gasteiger partial charge in [-0.05, 0) is 24.3 Å². The molecule has 0 fully saturated rings. The minimum Gasteiger partial charge on any atom is -0.454 e. The number of nitrogens with one attached hydrogen (secondary N) is 2. The molecule has 10 heteroatoms. The number of anilines is 3. The molecule has 6 nitrogen and oxygen atoms in total. The Balaban J connectivity index is 2.17. The van der Waals surface area contributed by atoms with E-state index in [0.29, 0.717) is 5.69 Å². The average molecular weight is 317 g/mol. The Labute approximate surface area is 122 Å². The number of hydrogen-bond donors (Lipinski definition) is 2. The van der Waals surface area contributed by atoms with E-state index in [4.69, 9.17) is 0 Å². The highest BCUT2D eigenvalue weighted by Gasteiger charge is 2.29. The summed E-state index contributed by atoms with van der Waals surface area (Å²) in [5.74, 6) is -0.439. The third-order valence-electron chi connectivity index (χ3n) is 2.30. The van der Waals surface area contributed by atoms with Gasteiger partial charge in [0.2, 0.25) is 11.9 Å². The molecule has 118 valence electrons. The van der Waals surface area contributed by atoms with Gasteiger partial charge in [0.25, 0.3) is 0 Å². The summed E-state index contributed by atoms with van der Waals surface area (Å²) in [5.41, 5.74) is 0.455. The normalized spacial score (nSPS) is 11.1. The number of nitrogens with zero attached hydrogens (tertiary/aromatic N) is 3. The van der Waals surface area contributed by atoms with Crippen LogP contribution in [0.1, 0.15) is 0 Å². The average Bonchev–Trinajstić information content (AvgIpc) is 2.46. The number of rotatable bonds is 5. The molecule has 0 aliphatic heterocycles. The van der Waals surface area contributed by atoms with Gasteiger partial charge >= 0.3 is 12.2 Å². The summed E-state index contributed by atoms with van der Waals surface area (Å²) in [7, 11) is 1.49. The third-order valence-corrected chi connectivity index (χ3v) is 2.30. The highest BCUT2D eigenvalue weighted by Crippen LogP contribution is 2.19. The van der Waals surface area contributed by atoms with Crippen molar-refractivity contribution < 1.29 is 22.3 Å². The van der Waals surface area contributed by atoms with Crippen LogP contribution in [0.4, 0.5) is 35.1 Å². The fourth-order valence-electron chi connectivity index (χ4n) is 1.40. The van der Waals surface area contributed by atoms with E-state index in [2.05, 4.69) is 30.3 Å². The molecule has 0 bridgehead atoms. The van der Waals surface area contributed by atoms with E-state index in [9.17, 15) is 17.6 Å². The molecule has 0 spiro atoms. The van der Waals surface area contributed by atoms with Gasteiger partial charge in [0, 0.05) is 12.7 Å². The monoisotopic (exact) mass is 317 g/mol. The molecule has 2 aromatic rings.